The van der Waals surface area contributed by atoms with Crippen LogP contribution in [0.3, 0.4) is 0 Å². The summed E-state index contributed by atoms with van der Waals surface area (Å²) >= 11 is 10.9. The maximum Gasteiger partial charge on any atom is 0.154 e. The number of hydrogen-bond donors (Lipinski definition) is 2. The van der Waals surface area contributed by atoms with Crippen molar-refractivity contribution in [3.05, 3.63) is 24.3 Å². The highest BCUT2D eigenvalue weighted by Crippen LogP contribution is 2.23. The van der Waals surface area contributed by atoms with E-state index in [2.05, 4.69) is 18.1 Å². The lowest BCUT2D eigenvalue weighted by molar-refractivity contribution is 0.896. The van der Waals surface area contributed by atoms with Gasteiger partial charge in [-0.3, -0.25) is 10.4 Å². The molecule has 68 valence electrons. The van der Waals surface area contributed by atoms with E-state index in [0.29, 0.717) is 0 Å². The maximum atomic E-state index is 5.02. The number of hydrazine groups is 1. The topological polar surface area (TPSA) is 15.3 Å². The highest BCUT2D eigenvalue weighted by molar-refractivity contribution is 8.23. The van der Waals surface area contributed by atoms with Gasteiger partial charge in [-0.15, -0.1) is 12.6 Å². The van der Waals surface area contributed by atoms with E-state index in [9.17, 15) is 0 Å². The zero-order chi connectivity index (χ0) is 9.26. The Hall–Kier alpha value is -0.390. The second-order valence-corrected chi connectivity index (χ2v) is 4.76. The van der Waals surface area contributed by atoms with Gasteiger partial charge in [0.2, 0.25) is 0 Å². The van der Waals surface area contributed by atoms with Gasteiger partial charge in [0, 0.05) is 4.90 Å². The van der Waals surface area contributed by atoms with E-state index in [0.717, 1.165) is 20.8 Å². The minimum Gasteiger partial charge on any atom is -0.282 e. The number of thiol groups is 1. The van der Waals surface area contributed by atoms with Crippen molar-refractivity contribution in [2.45, 2.75) is 4.90 Å². The van der Waals surface area contributed by atoms with Crippen LogP contribution in [0.15, 0.2) is 29.2 Å². The van der Waals surface area contributed by atoms with Crippen LogP contribution in [0, 0.1) is 0 Å². The first-order valence-corrected chi connectivity index (χ1v) is 5.60. The van der Waals surface area contributed by atoms with Crippen LogP contribution in [-0.4, -0.2) is 10.2 Å². The molecule has 1 aromatic rings. The second kappa shape index (κ2) is 3.77. The number of thioether (sulfide) groups is 1. The van der Waals surface area contributed by atoms with Crippen LogP contribution >= 0.6 is 36.6 Å². The van der Waals surface area contributed by atoms with Crippen LogP contribution in [0.2, 0.25) is 0 Å². The van der Waals surface area contributed by atoms with Crippen molar-refractivity contribution >= 4 is 46.6 Å². The van der Waals surface area contributed by atoms with Crippen molar-refractivity contribution < 1.29 is 0 Å². The minimum atomic E-state index is 0.824. The average molecular weight is 228 g/mol. The Morgan fingerprint density at radius 2 is 2.38 bits per heavy atom. The smallest absolute Gasteiger partial charge is 0.154 e. The number of rotatable bonds is 1. The molecule has 13 heavy (non-hydrogen) atoms. The third-order valence-corrected chi connectivity index (χ3v) is 3.16. The number of nitrogens with one attached hydrogen (secondary N) is 1. The van der Waals surface area contributed by atoms with Crippen molar-refractivity contribution in [1.82, 2.24) is 5.43 Å². The average Bonchev–Trinajstić information content (AvgIpc) is 2.52. The molecule has 0 atom stereocenters. The van der Waals surface area contributed by atoms with E-state index < -0.39 is 0 Å². The van der Waals surface area contributed by atoms with Gasteiger partial charge in [0.25, 0.3) is 0 Å². The summed E-state index contributed by atoms with van der Waals surface area (Å²) < 4.78 is 0.824. The first-order valence-electron chi connectivity index (χ1n) is 3.76. The lowest BCUT2D eigenvalue weighted by atomic mass is 10.3. The monoisotopic (exact) mass is 228 g/mol. The molecule has 0 amide bonds. The number of anilines is 1. The summed E-state index contributed by atoms with van der Waals surface area (Å²) in [6.45, 7) is 0. The van der Waals surface area contributed by atoms with Gasteiger partial charge < -0.3 is 0 Å². The summed E-state index contributed by atoms with van der Waals surface area (Å²) in [5.74, 6) is 0.857. The first kappa shape index (κ1) is 9.18. The van der Waals surface area contributed by atoms with Crippen LogP contribution < -0.4 is 10.4 Å². The predicted octanol–water partition coefficient (Wildman–Crippen LogP) is 2.28. The standard InChI is InChI=1S/C8H8N2S3/c11-7-3-1-2-6(4-7)10-5-13-8(12)9-10/h1-4,11H,5H2,(H,9,12). The summed E-state index contributed by atoms with van der Waals surface area (Å²) in [7, 11) is 0. The Kier molecular flexibility index (Phi) is 2.66. The van der Waals surface area contributed by atoms with Crippen LogP contribution in [-0.2, 0) is 0 Å². The summed E-state index contributed by atoms with van der Waals surface area (Å²) in [6, 6.07) is 7.96. The number of thiocarbonyl (C=S) groups is 1. The number of hydrogen-bond acceptors (Lipinski definition) is 4. The van der Waals surface area contributed by atoms with Gasteiger partial charge in [-0.2, -0.15) is 0 Å². The summed E-state index contributed by atoms with van der Waals surface area (Å²) in [4.78, 5) is 0.960. The molecule has 0 spiro atoms. The maximum absolute atomic E-state index is 5.02. The second-order valence-electron chi connectivity index (χ2n) is 2.62. The SMILES string of the molecule is S=C1NN(c2cccc(S)c2)CS1. The van der Waals surface area contributed by atoms with Crippen LogP contribution in [0.25, 0.3) is 0 Å². The fourth-order valence-electron chi connectivity index (χ4n) is 1.10. The summed E-state index contributed by atoms with van der Waals surface area (Å²) in [5.41, 5.74) is 4.19. The van der Waals surface area contributed by atoms with E-state index in [1.165, 1.54) is 0 Å². The van der Waals surface area contributed by atoms with E-state index in [-0.39, 0.29) is 0 Å². The van der Waals surface area contributed by atoms with Crippen molar-refractivity contribution in [1.29, 1.82) is 0 Å². The Morgan fingerprint density at radius 3 is 3.00 bits per heavy atom. The molecule has 0 bridgehead atoms. The van der Waals surface area contributed by atoms with Crippen LogP contribution in [0.5, 0.6) is 0 Å². The highest BCUT2D eigenvalue weighted by atomic mass is 32.2. The zero-order valence-electron chi connectivity index (χ0n) is 6.73. The fraction of sp³-hybridized carbons (Fsp3) is 0.125. The Balaban J connectivity index is 2.21. The Labute approximate surface area is 92.1 Å². The molecule has 0 unspecified atom stereocenters. The first-order chi connectivity index (χ1) is 6.25. The molecule has 1 aromatic carbocycles. The molecular weight excluding hydrogens is 220 g/mol. The molecule has 0 aliphatic carbocycles. The molecule has 2 nitrogen and oxygen atoms in total. The molecular formula is C8H8N2S3. The fourth-order valence-corrected chi connectivity index (χ4v) is 2.22. The quantitative estimate of drug-likeness (QED) is 0.566. The number of nitrogens with zero attached hydrogens (tertiary/aromatic N) is 1. The third-order valence-electron chi connectivity index (χ3n) is 1.69. The molecule has 1 fully saturated rings. The molecule has 2 rings (SSSR count). The zero-order valence-corrected chi connectivity index (χ0v) is 9.25. The van der Waals surface area contributed by atoms with Gasteiger partial charge in [-0.25, -0.2) is 0 Å². The molecule has 5 heteroatoms. The highest BCUT2D eigenvalue weighted by Gasteiger charge is 2.15. The molecule has 0 radical (unpaired) electrons. The third kappa shape index (κ3) is 2.10. The van der Waals surface area contributed by atoms with E-state index in [1.54, 1.807) is 11.8 Å². The van der Waals surface area contributed by atoms with Gasteiger partial charge in [0.15, 0.2) is 4.32 Å². The molecule has 1 aliphatic rings. The predicted molar refractivity (Wildman–Crippen MR) is 64.4 cm³/mol. The normalized spacial score (nSPS) is 16.1. The Morgan fingerprint density at radius 1 is 1.54 bits per heavy atom. The van der Waals surface area contributed by atoms with E-state index in [4.69, 9.17) is 12.2 Å². The molecule has 1 aliphatic heterocycles. The van der Waals surface area contributed by atoms with Crippen molar-refractivity contribution in [3.8, 4) is 0 Å². The van der Waals surface area contributed by atoms with Gasteiger partial charge in [0.1, 0.15) is 0 Å². The lowest BCUT2D eigenvalue weighted by Crippen LogP contribution is -2.32. The minimum absolute atomic E-state index is 0.824. The van der Waals surface area contributed by atoms with Crippen molar-refractivity contribution in [3.63, 3.8) is 0 Å². The molecule has 1 saturated heterocycles. The van der Waals surface area contributed by atoms with Gasteiger partial charge >= 0.3 is 0 Å². The van der Waals surface area contributed by atoms with Crippen molar-refractivity contribution in [2.24, 2.45) is 0 Å². The Bertz CT molecular complexity index is 340. The summed E-state index contributed by atoms with van der Waals surface area (Å²) in [5, 5.41) is 2.01. The van der Waals surface area contributed by atoms with Gasteiger partial charge in [0.05, 0.1) is 11.6 Å². The van der Waals surface area contributed by atoms with Gasteiger partial charge in [-0.05, 0) is 18.2 Å². The van der Waals surface area contributed by atoms with Crippen molar-refractivity contribution in [2.75, 3.05) is 10.9 Å². The molecule has 1 heterocycles. The largest absolute Gasteiger partial charge is 0.282 e. The van der Waals surface area contributed by atoms with Crippen LogP contribution in [0.4, 0.5) is 5.69 Å². The molecule has 1 N–H and O–H groups in total. The van der Waals surface area contributed by atoms with Gasteiger partial charge in [-0.1, -0.05) is 30.0 Å². The summed E-state index contributed by atoms with van der Waals surface area (Å²) in [6.07, 6.45) is 0. The van der Waals surface area contributed by atoms with E-state index >= 15 is 0 Å². The molecule has 0 saturated carbocycles. The molecule has 0 aromatic heterocycles. The van der Waals surface area contributed by atoms with E-state index in [1.807, 2.05) is 29.3 Å². The lowest BCUT2D eigenvalue weighted by Gasteiger charge is -2.16. The number of benzene rings is 1. The van der Waals surface area contributed by atoms with Crippen LogP contribution in [0.1, 0.15) is 0 Å².